The van der Waals surface area contributed by atoms with Crippen molar-refractivity contribution in [2.24, 2.45) is 0 Å². The van der Waals surface area contributed by atoms with Crippen molar-refractivity contribution in [3.63, 3.8) is 0 Å². The molecule has 13 rings (SSSR count). The van der Waals surface area contributed by atoms with Crippen LogP contribution in [0.1, 0.15) is 0 Å². The maximum atomic E-state index is 2.45. The molecule has 0 spiro atoms. The highest BCUT2D eigenvalue weighted by Gasteiger charge is 2.21. The molecule has 0 atom stereocenters. The molecular formula is C72H50N2. The Morgan fingerprint density at radius 3 is 1.16 bits per heavy atom. The Labute approximate surface area is 433 Å². The molecular weight excluding hydrogens is 893 g/mol. The minimum atomic E-state index is 1.06. The summed E-state index contributed by atoms with van der Waals surface area (Å²) >= 11 is 0. The van der Waals surface area contributed by atoms with E-state index in [9.17, 15) is 0 Å². The van der Waals surface area contributed by atoms with Crippen molar-refractivity contribution in [2.75, 3.05) is 4.90 Å². The third-order valence-corrected chi connectivity index (χ3v) is 14.3. The number of rotatable bonds is 11. The number of para-hydroxylation sites is 3. The summed E-state index contributed by atoms with van der Waals surface area (Å²) in [5, 5.41) is 2.48. The van der Waals surface area contributed by atoms with Gasteiger partial charge in [0, 0.05) is 33.4 Å². The van der Waals surface area contributed by atoms with Gasteiger partial charge < -0.3 is 9.47 Å². The topological polar surface area (TPSA) is 8.17 Å². The van der Waals surface area contributed by atoms with E-state index in [4.69, 9.17) is 0 Å². The van der Waals surface area contributed by atoms with Gasteiger partial charge in [-0.05, 0) is 157 Å². The van der Waals surface area contributed by atoms with E-state index in [0.717, 1.165) is 61.7 Å². The van der Waals surface area contributed by atoms with Gasteiger partial charge in [0.25, 0.3) is 0 Å². The van der Waals surface area contributed by atoms with Crippen LogP contribution >= 0.6 is 0 Å². The number of hydrogen-bond donors (Lipinski definition) is 0. The van der Waals surface area contributed by atoms with Gasteiger partial charge >= 0.3 is 0 Å². The number of nitrogens with zero attached hydrogens (tertiary/aromatic N) is 2. The SMILES string of the molecule is c1ccc(-c2cc(-c3ccccc3)cc(-c3ccc(N(c4cc(-c5ccccc5)cc(-c5ccccc5)c4)c4ccccc4-c4cccc(-c5cccc6c5c5ccccc5n6-c5ccccc5)c4)cc3)c2)cc1. The Hall–Kier alpha value is -9.76. The largest absolute Gasteiger partial charge is 0.310 e. The molecule has 0 amide bonds. The molecule has 0 aliphatic carbocycles. The standard InChI is InChI=1S/C72H50N2/c1-6-22-51(23-7-1)58-45-59(52-24-8-2-9-25-52)47-60(46-58)55-40-42-64(43-41-55)73(65-49-61(53-26-10-3-11-27-53)48-62(50-65)54-28-12-4-13-29-54)69-37-18-16-34-66(69)56-30-20-31-57(44-56)67-36-21-39-71-72(67)68-35-17-19-38-70(68)74(71)63-32-14-5-15-33-63/h1-50H. The summed E-state index contributed by atoms with van der Waals surface area (Å²) < 4.78 is 2.39. The molecule has 12 aromatic carbocycles. The maximum absolute atomic E-state index is 2.45. The van der Waals surface area contributed by atoms with E-state index in [0.29, 0.717) is 0 Å². The van der Waals surface area contributed by atoms with Crippen LogP contribution in [0.5, 0.6) is 0 Å². The molecule has 0 saturated heterocycles. The number of benzene rings is 12. The summed E-state index contributed by atoms with van der Waals surface area (Å²) in [5.41, 5.74) is 23.1. The number of hydrogen-bond acceptors (Lipinski definition) is 1. The minimum absolute atomic E-state index is 1.06. The maximum Gasteiger partial charge on any atom is 0.0547 e. The van der Waals surface area contributed by atoms with Crippen molar-refractivity contribution < 1.29 is 0 Å². The molecule has 0 unspecified atom stereocenters. The Bertz CT molecular complexity index is 3970. The summed E-state index contributed by atoms with van der Waals surface area (Å²) in [6.07, 6.45) is 0. The van der Waals surface area contributed by atoms with Crippen LogP contribution < -0.4 is 4.90 Å². The van der Waals surface area contributed by atoms with Gasteiger partial charge in [-0.2, -0.15) is 0 Å². The highest BCUT2D eigenvalue weighted by atomic mass is 15.1. The van der Waals surface area contributed by atoms with E-state index in [-0.39, 0.29) is 0 Å². The third kappa shape index (κ3) is 8.45. The minimum Gasteiger partial charge on any atom is -0.310 e. The van der Waals surface area contributed by atoms with E-state index in [2.05, 4.69) is 313 Å². The van der Waals surface area contributed by atoms with Gasteiger partial charge in [-0.15, -0.1) is 0 Å². The van der Waals surface area contributed by atoms with Crippen LogP contribution in [0.3, 0.4) is 0 Å². The predicted molar refractivity (Wildman–Crippen MR) is 314 cm³/mol. The van der Waals surface area contributed by atoms with E-state index in [1.54, 1.807) is 0 Å². The lowest BCUT2D eigenvalue weighted by molar-refractivity contribution is 1.18. The molecule has 0 aliphatic rings. The molecule has 0 fully saturated rings. The fraction of sp³-hybridized carbons (Fsp3) is 0. The van der Waals surface area contributed by atoms with Crippen LogP contribution in [-0.4, -0.2) is 4.57 Å². The van der Waals surface area contributed by atoms with Crippen LogP contribution in [0.2, 0.25) is 0 Å². The average Bonchev–Trinajstić information content (AvgIpc) is 3.86. The summed E-state index contributed by atoms with van der Waals surface area (Å²) in [7, 11) is 0. The second-order valence-electron chi connectivity index (χ2n) is 18.9. The van der Waals surface area contributed by atoms with Gasteiger partial charge in [0.2, 0.25) is 0 Å². The fourth-order valence-electron chi connectivity index (χ4n) is 10.8. The summed E-state index contributed by atoms with van der Waals surface area (Å²) in [6, 6.07) is 110. The van der Waals surface area contributed by atoms with Crippen molar-refractivity contribution >= 4 is 38.9 Å². The molecule has 348 valence electrons. The molecule has 1 aromatic heterocycles. The number of anilines is 3. The third-order valence-electron chi connectivity index (χ3n) is 14.3. The van der Waals surface area contributed by atoms with Crippen molar-refractivity contribution in [2.45, 2.75) is 0 Å². The van der Waals surface area contributed by atoms with Gasteiger partial charge in [0.1, 0.15) is 0 Å². The summed E-state index contributed by atoms with van der Waals surface area (Å²) in [4.78, 5) is 2.45. The lowest BCUT2D eigenvalue weighted by atomic mass is 9.93. The van der Waals surface area contributed by atoms with Crippen molar-refractivity contribution in [1.82, 2.24) is 4.57 Å². The Balaban J connectivity index is 0.986. The van der Waals surface area contributed by atoms with E-state index >= 15 is 0 Å². The molecule has 2 heteroatoms. The monoisotopic (exact) mass is 942 g/mol. The van der Waals surface area contributed by atoms with Crippen molar-refractivity contribution in [3.05, 3.63) is 303 Å². The van der Waals surface area contributed by atoms with Gasteiger partial charge in [0.15, 0.2) is 0 Å². The zero-order valence-electron chi connectivity index (χ0n) is 40.8. The second-order valence-corrected chi connectivity index (χ2v) is 18.9. The van der Waals surface area contributed by atoms with Crippen LogP contribution in [0.15, 0.2) is 303 Å². The average molecular weight is 943 g/mol. The normalized spacial score (nSPS) is 11.2. The zero-order valence-corrected chi connectivity index (χ0v) is 40.8. The molecule has 0 aliphatic heterocycles. The van der Waals surface area contributed by atoms with Gasteiger partial charge in [0.05, 0.1) is 16.7 Å². The van der Waals surface area contributed by atoms with Crippen LogP contribution in [-0.2, 0) is 0 Å². The van der Waals surface area contributed by atoms with E-state index in [1.165, 1.54) is 60.8 Å². The Morgan fingerprint density at radius 1 is 0.230 bits per heavy atom. The smallest absolute Gasteiger partial charge is 0.0547 e. The number of fused-ring (bicyclic) bond motifs is 3. The van der Waals surface area contributed by atoms with Crippen molar-refractivity contribution in [3.8, 4) is 83.6 Å². The van der Waals surface area contributed by atoms with Crippen LogP contribution in [0.4, 0.5) is 17.1 Å². The second kappa shape index (κ2) is 19.4. The summed E-state index contributed by atoms with van der Waals surface area (Å²) in [6.45, 7) is 0. The highest BCUT2D eigenvalue weighted by molar-refractivity contribution is 6.16. The lowest BCUT2D eigenvalue weighted by Crippen LogP contribution is -2.11. The first-order valence-corrected chi connectivity index (χ1v) is 25.4. The first-order chi connectivity index (χ1) is 36.7. The zero-order chi connectivity index (χ0) is 49.2. The molecule has 0 saturated carbocycles. The molecule has 0 bridgehead atoms. The highest BCUT2D eigenvalue weighted by Crippen LogP contribution is 2.46. The fourth-order valence-corrected chi connectivity index (χ4v) is 10.8. The van der Waals surface area contributed by atoms with Crippen LogP contribution in [0, 0.1) is 0 Å². The van der Waals surface area contributed by atoms with Gasteiger partial charge in [-0.3, -0.25) is 0 Å². The van der Waals surface area contributed by atoms with Crippen molar-refractivity contribution in [1.29, 1.82) is 0 Å². The predicted octanol–water partition coefficient (Wildman–Crippen LogP) is 19.9. The Kier molecular flexibility index (Phi) is 11.6. The molecule has 2 nitrogen and oxygen atoms in total. The summed E-state index contributed by atoms with van der Waals surface area (Å²) in [5.74, 6) is 0. The molecule has 13 aromatic rings. The van der Waals surface area contributed by atoms with E-state index in [1.807, 2.05) is 0 Å². The van der Waals surface area contributed by atoms with Gasteiger partial charge in [-0.25, -0.2) is 0 Å². The van der Waals surface area contributed by atoms with Crippen LogP contribution in [0.25, 0.3) is 105 Å². The number of aromatic nitrogens is 1. The Morgan fingerprint density at radius 2 is 0.608 bits per heavy atom. The lowest BCUT2D eigenvalue weighted by Gasteiger charge is -2.29. The molecule has 0 N–H and O–H groups in total. The molecule has 74 heavy (non-hydrogen) atoms. The first-order valence-electron chi connectivity index (χ1n) is 25.4. The molecule has 1 heterocycles. The first kappa shape index (κ1) is 44.2. The quantitative estimate of drug-likeness (QED) is 0.125. The molecule has 0 radical (unpaired) electrons. The van der Waals surface area contributed by atoms with Gasteiger partial charge in [-0.1, -0.05) is 218 Å². The van der Waals surface area contributed by atoms with E-state index < -0.39 is 0 Å².